The molecule has 2 aromatic carbocycles. The molecule has 4 aromatic rings. The summed E-state index contributed by atoms with van der Waals surface area (Å²) in [6.45, 7) is 2.41. The molecule has 0 aliphatic carbocycles. The van der Waals surface area contributed by atoms with E-state index >= 15 is 0 Å². The van der Waals surface area contributed by atoms with Gasteiger partial charge in [0, 0.05) is 16.5 Å². The third kappa shape index (κ3) is 3.08. The van der Waals surface area contributed by atoms with Crippen LogP contribution in [0.2, 0.25) is 0 Å². The number of H-pyrrole nitrogens is 1. The van der Waals surface area contributed by atoms with E-state index in [4.69, 9.17) is 9.47 Å². The van der Waals surface area contributed by atoms with Gasteiger partial charge >= 0.3 is 0 Å². The maximum atomic E-state index is 5.43. The molecule has 136 valence electrons. The Kier molecular flexibility index (Phi) is 4.42. The molecule has 0 amide bonds. The van der Waals surface area contributed by atoms with Crippen LogP contribution in [0.4, 0.5) is 5.82 Å². The van der Waals surface area contributed by atoms with Crippen LogP contribution in [-0.2, 0) is 6.54 Å². The Bertz CT molecular complexity index is 1150. The minimum atomic E-state index is 0.352. The van der Waals surface area contributed by atoms with Gasteiger partial charge < -0.3 is 14.5 Å². The van der Waals surface area contributed by atoms with Crippen LogP contribution in [0.15, 0.2) is 53.0 Å². The van der Waals surface area contributed by atoms with Crippen LogP contribution in [-0.4, -0.2) is 29.2 Å². The number of hydrogen-bond acceptors (Lipinski definition) is 6. The normalized spacial score (nSPS) is 11.5. The molecule has 0 aliphatic rings. The van der Waals surface area contributed by atoms with E-state index < -0.39 is 0 Å². The van der Waals surface area contributed by atoms with Crippen LogP contribution in [0.25, 0.3) is 21.9 Å². The van der Waals surface area contributed by atoms with Crippen molar-refractivity contribution in [3.8, 4) is 11.5 Å². The molecule has 0 spiro atoms. The highest BCUT2D eigenvalue weighted by Crippen LogP contribution is 2.32. The summed E-state index contributed by atoms with van der Waals surface area (Å²) < 4.78 is 10.8. The van der Waals surface area contributed by atoms with Crippen LogP contribution in [0, 0.1) is 6.92 Å². The highest BCUT2D eigenvalue weighted by molar-refractivity contribution is 6.07. The second-order valence-corrected chi connectivity index (χ2v) is 6.15. The van der Waals surface area contributed by atoms with Crippen molar-refractivity contribution in [3.05, 3.63) is 53.9 Å². The molecule has 4 rings (SSSR count). The van der Waals surface area contributed by atoms with E-state index in [1.54, 1.807) is 14.2 Å². The Balaban J connectivity index is 1.69. The van der Waals surface area contributed by atoms with Gasteiger partial charge in [-0.05, 0) is 25.1 Å². The topological polar surface area (TPSA) is 84.8 Å². The highest BCUT2D eigenvalue weighted by atomic mass is 16.5. The average Bonchev–Trinajstić information content (AvgIpc) is 3.06. The molecular weight excluding hydrogens is 342 g/mol. The van der Waals surface area contributed by atoms with Gasteiger partial charge in [-0.25, -0.2) is 9.97 Å². The highest BCUT2D eigenvalue weighted by Gasteiger charge is 2.11. The molecule has 7 heteroatoms. The largest absolute Gasteiger partial charge is 0.493 e. The second-order valence-electron chi connectivity index (χ2n) is 6.15. The van der Waals surface area contributed by atoms with E-state index in [9.17, 15) is 0 Å². The van der Waals surface area contributed by atoms with Gasteiger partial charge in [0.05, 0.1) is 20.8 Å². The standard InChI is InChI=1S/C20H19N5O2/c1-12-7-8-15-14(9-12)17-18(24-15)20(22-11-21-17)25-23-10-13-5-4-6-16(26-2)19(13)27-3/h4-9,11,24H,10H2,1-3H3. The van der Waals surface area contributed by atoms with Crippen LogP contribution in [0.1, 0.15) is 11.1 Å². The first-order valence-electron chi connectivity index (χ1n) is 8.51. The van der Waals surface area contributed by atoms with Crippen LogP contribution in [0.5, 0.6) is 11.5 Å². The van der Waals surface area contributed by atoms with Crippen molar-refractivity contribution in [2.75, 3.05) is 14.2 Å². The maximum Gasteiger partial charge on any atom is 0.201 e. The first-order chi connectivity index (χ1) is 13.2. The number of rotatable bonds is 5. The number of aromatic amines is 1. The number of aryl methyl sites for hydroxylation is 1. The number of aromatic nitrogens is 3. The maximum absolute atomic E-state index is 5.43. The predicted molar refractivity (Wildman–Crippen MR) is 104 cm³/mol. The second kappa shape index (κ2) is 7.03. The van der Waals surface area contributed by atoms with E-state index in [2.05, 4.69) is 44.2 Å². The van der Waals surface area contributed by atoms with Crippen LogP contribution in [0.3, 0.4) is 0 Å². The molecular formula is C20H19N5O2. The van der Waals surface area contributed by atoms with Crippen molar-refractivity contribution in [2.45, 2.75) is 13.5 Å². The Morgan fingerprint density at radius 1 is 1.07 bits per heavy atom. The minimum Gasteiger partial charge on any atom is -0.493 e. The Labute approximate surface area is 156 Å². The quantitative estimate of drug-likeness (QED) is 0.521. The smallest absolute Gasteiger partial charge is 0.201 e. The lowest BCUT2D eigenvalue weighted by atomic mass is 10.2. The predicted octanol–water partition coefficient (Wildman–Crippen LogP) is 4.72. The van der Waals surface area contributed by atoms with E-state index in [-0.39, 0.29) is 0 Å². The van der Waals surface area contributed by atoms with Crippen molar-refractivity contribution in [1.82, 2.24) is 15.0 Å². The molecule has 0 bridgehead atoms. The molecule has 0 unspecified atom stereocenters. The lowest BCUT2D eigenvalue weighted by Gasteiger charge is -2.10. The van der Waals surface area contributed by atoms with Crippen molar-refractivity contribution in [2.24, 2.45) is 10.2 Å². The van der Waals surface area contributed by atoms with E-state index in [0.29, 0.717) is 23.9 Å². The first kappa shape index (κ1) is 17.0. The van der Waals surface area contributed by atoms with Gasteiger partial charge in [-0.15, -0.1) is 5.11 Å². The van der Waals surface area contributed by atoms with E-state index in [0.717, 1.165) is 27.5 Å². The van der Waals surface area contributed by atoms with Crippen molar-refractivity contribution >= 4 is 27.8 Å². The lowest BCUT2D eigenvalue weighted by Crippen LogP contribution is -1.94. The summed E-state index contributed by atoms with van der Waals surface area (Å²) in [5, 5.41) is 9.69. The summed E-state index contributed by atoms with van der Waals surface area (Å²) in [5.41, 5.74) is 4.69. The van der Waals surface area contributed by atoms with Gasteiger partial charge in [0.25, 0.3) is 0 Å². The number of benzene rings is 2. The SMILES string of the molecule is COc1cccc(CN=Nc2ncnc3c2[nH]c2ccc(C)cc23)c1OC. The average molecular weight is 361 g/mol. The molecule has 0 radical (unpaired) electrons. The number of azo groups is 1. The van der Waals surface area contributed by atoms with Crippen LogP contribution >= 0.6 is 0 Å². The molecule has 0 aliphatic heterocycles. The fourth-order valence-electron chi connectivity index (χ4n) is 3.13. The van der Waals surface area contributed by atoms with Gasteiger partial charge in [-0.3, -0.25) is 0 Å². The number of nitrogens with one attached hydrogen (secondary N) is 1. The van der Waals surface area contributed by atoms with Gasteiger partial charge in [0.2, 0.25) is 5.82 Å². The number of para-hydroxylation sites is 1. The number of fused-ring (bicyclic) bond motifs is 3. The Morgan fingerprint density at radius 2 is 1.96 bits per heavy atom. The molecule has 2 aromatic heterocycles. The molecule has 27 heavy (non-hydrogen) atoms. The van der Waals surface area contributed by atoms with Crippen molar-refractivity contribution in [3.63, 3.8) is 0 Å². The van der Waals surface area contributed by atoms with Crippen LogP contribution < -0.4 is 9.47 Å². The molecule has 1 N–H and O–H groups in total. The van der Waals surface area contributed by atoms with Gasteiger partial charge in [-0.1, -0.05) is 23.8 Å². The summed E-state index contributed by atoms with van der Waals surface area (Å²) in [7, 11) is 3.22. The zero-order valence-electron chi connectivity index (χ0n) is 15.4. The zero-order chi connectivity index (χ0) is 18.8. The fraction of sp³-hybridized carbons (Fsp3) is 0.200. The number of hydrogen-bond donors (Lipinski definition) is 1. The lowest BCUT2D eigenvalue weighted by molar-refractivity contribution is 0.351. The third-order valence-electron chi connectivity index (χ3n) is 4.41. The Morgan fingerprint density at radius 3 is 2.78 bits per heavy atom. The molecule has 0 fully saturated rings. The van der Waals surface area contributed by atoms with Gasteiger partial charge in [0.15, 0.2) is 11.5 Å². The number of methoxy groups -OCH3 is 2. The number of ether oxygens (including phenoxy) is 2. The van der Waals surface area contributed by atoms with Gasteiger partial charge in [0.1, 0.15) is 17.4 Å². The van der Waals surface area contributed by atoms with E-state index in [1.807, 2.05) is 24.3 Å². The molecule has 0 saturated heterocycles. The summed E-state index contributed by atoms with van der Waals surface area (Å²) >= 11 is 0. The molecule has 0 atom stereocenters. The summed E-state index contributed by atoms with van der Waals surface area (Å²) in [6, 6.07) is 11.9. The molecule has 0 saturated carbocycles. The Hall–Kier alpha value is -3.48. The minimum absolute atomic E-state index is 0.352. The summed E-state index contributed by atoms with van der Waals surface area (Å²) in [6.07, 6.45) is 1.51. The molecule has 7 nitrogen and oxygen atoms in total. The number of nitrogens with zero attached hydrogens (tertiary/aromatic N) is 4. The summed E-state index contributed by atoms with van der Waals surface area (Å²) in [4.78, 5) is 12.0. The monoisotopic (exact) mass is 361 g/mol. The fourth-order valence-corrected chi connectivity index (χ4v) is 3.13. The first-order valence-corrected chi connectivity index (χ1v) is 8.51. The zero-order valence-corrected chi connectivity index (χ0v) is 15.4. The van der Waals surface area contributed by atoms with E-state index in [1.165, 1.54) is 11.9 Å². The summed E-state index contributed by atoms with van der Waals surface area (Å²) in [5.74, 6) is 1.84. The van der Waals surface area contributed by atoms with Gasteiger partial charge in [-0.2, -0.15) is 5.11 Å². The van der Waals surface area contributed by atoms with Crippen molar-refractivity contribution < 1.29 is 9.47 Å². The van der Waals surface area contributed by atoms with Crippen molar-refractivity contribution in [1.29, 1.82) is 0 Å². The third-order valence-corrected chi connectivity index (χ3v) is 4.41. The molecule has 2 heterocycles.